The van der Waals surface area contributed by atoms with Crippen molar-refractivity contribution in [2.45, 2.75) is 129 Å². The van der Waals surface area contributed by atoms with Gasteiger partial charge in [0.25, 0.3) is 0 Å². The molecule has 0 spiro atoms. The van der Waals surface area contributed by atoms with Crippen molar-refractivity contribution in [2.75, 3.05) is 0 Å². The zero-order valence-corrected chi connectivity index (χ0v) is 39.0. The van der Waals surface area contributed by atoms with Gasteiger partial charge in [0, 0.05) is 0 Å². The second kappa shape index (κ2) is 14.6. The average molecular weight is 868 g/mol. The van der Waals surface area contributed by atoms with Crippen LogP contribution in [0.1, 0.15) is 136 Å². The Morgan fingerprint density at radius 3 is 1.04 bits per heavy atom. The quantitative estimate of drug-likeness (QED) is 0.122. The standard InChI is InChI=1S/C50H58.2CH3.Hf/c1-46(2,3)36-24-34(25-37(28-36)47(4,5)6)42-18-13-16-32-22-40(30-44(32)42)50(20-15-21-50)41-23-33-17-14-19-43(45(33)31-41)35-26-38(48(7,8)9)29-39(27-35)49(10,11)12;;;/h13-14,16-19,22-31H,15,20-21H2,1-12H3;2*1H3;/q-2;2*-1;+4. The van der Waals surface area contributed by atoms with Gasteiger partial charge in [0.1, 0.15) is 0 Å². The van der Waals surface area contributed by atoms with Gasteiger partial charge >= 0.3 is 25.8 Å². The first-order valence-electron chi connectivity index (χ1n) is 19.0. The van der Waals surface area contributed by atoms with Crippen molar-refractivity contribution in [3.05, 3.63) is 145 Å². The maximum Gasteiger partial charge on any atom is 4.00 e. The average Bonchev–Trinajstić information content (AvgIpc) is 3.63. The summed E-state index contributed by atoms with van der Waals surface area (Å²) in [6.07, 6.45) is 3.67. The van der Waals surface area contributed by atoms with Crippen molar-refractivity contribution < 1.29 is 25.8 Å². The number of hydrogen-bond acceptors (Lipinski definition) is 0. The fourth-order valence-electron chi connectivity index (χ4n) is 8.10. The molecule has 1 aliphatic carbocycles. The van der Waals surface area contributed by atoms with Crippen molar-refractivity contribution in [2.24, 2.45) is 0 Å². The number of hydrogen-bond donors (Lipinski definition) is 0. The van der Waals surface area contributed by atoms with Crippen LogP contribution in [0.2, 0.25) is 0 Å². The Morgan fingerprint density at radius 2 is 0.774 bits per heavy atom. The molecule has 0 saturated heterocycles. The molecule has 0 bridgehead atoms. The molecule has 6 aromatic rings. The maximum atomic E-state index is 2.55. The monoisotopic (exact) mass is 868 g/mol. The Morgan fingerprint density at radius 1 is 0.453 bits per heavy atom. The molecule has 7 rings (SSSR count). The van der Waals surface area contributed by atoms with Crippen molar-refractivity contribution in [3.8, 4) is 22.3 Å². The van der Waals surface area contributed by atoms with E-state index in [1.165, 1.54) is 96.4 Å². The molecule has 0 heterocycles. The first-order chi connectivity index (χ1) is 23.2. The molecule has 0 aromatic heterocycles. The van der Waals surface area contributed by atoms with Crippen molar-refractivity contribution in [1.82, 2.24) is 0 Å². The summed E-state index contributed by atoms with van der Waals surface area (Å²) in [4.78, 5) is 0. The number of benzene rings is 4. The SMILES string of the molecule is CC(C)(C)c1cc(-c2cccc3[cH-]c(C4(c5cc6c(-c7cc(C(C)(C)C)cc(C(C)(C)C)c7)cccc6[cH-]5)CCC4)cc23)cc(C(C)(C)C)c1.[CH3-].[CH3-].[Hf+4]. The van der Waals surface area contributed by atoms with Gasteiger partial charge in [0.15, 0.2) is 0 Å². The fourth-order valence-corrected chi connectivity index (χ4v) is 8.10. The minimum atomic E-state index is 0. The predicted molar refractivity (Wildman–Crippen MR) is 232 cm³/mol. The molecule has 276 valence electrons. The zero-order valence-electron chi connectivity index (χ0n) is 35.4. The van der Waals surface area contributed by atoms with Gasteiger partial charge in [-0.05, 0) is 73.3 Å². The van der Waals surface area contributed by atoms with E-state index < -0.39 is 0 Å². The normalized spacial score (nSPS) is 14.6. The summed E-state index contributed by atoms with van der Waals surface area (Å²) >= 11 is 0. The van der Waals surface area contributed by atoms with E-state index in [1.807, 2.05) is 0 Å². The van der Waals surface area contributed by atoms with E-state index in [0.29, 0.717) is 0 Å². The molecule has 0 aliphatic heterocycles. The summed E-state index contributed by atoms with van der Waals surface area (Å²) in [5, 5.41) is 5.47. The van der Waals surface area contributed by atoms with E-state index >= 15 is 0 Å². The Labute approximate surface area is 342 Å². The molecule has 1 saturated carbocycles. The summed E-state index contributed by atoms with van der Waals surface area (Å²) in [6, 6.07) is 38.6. The molecule has 1 aliphatic rings. The van der Waals surface area contributed by atoms with Gasteiger partial charge in [-0.25, -0.2) is 0 Å². The summed E-state index contributed by atoms with van der Waals surface area (Å²) in [5.41, 5.74) is 14.3. The largest absolute Gasteiger partial charge is 4.00 e. The van der Waals surface area contributed by atoms with E-state index in [0.717, 1.165) is 0 Å². The van der Waals surface area contributed by atoms with Crippen molar-refractivity contribution >= 4 is 21.5 Å². The van der Waals surface area contributed by atoms with Gasteiger partial charge in [0.05, 0.1) is 0 Å². The second-order valence-corrected chi connectivity index (χ2v) is 19.6. The summed E-state index contributed by atoms with van der Waals surface area (Å²) < 4.78 is 0. The van der Waals surface area contributed by atoms with Crippen LogP contribution in [0.4, 0.5) is 0 Å². The molecule has 1 fully saturated rings. The molecule has 0 N–H and O–H groups in total. The van der Waals surface area contributed by atoms with Crippen LogP contribution in [0.15, 0.2) is 97.1 Å². The molecule has 0 nitrogen and oxygen atoms in total. The third kappa shape index (κ3) is 7.90. The predicted octanol–water partition coefficient (Wildman–Crippen LogP) is 15.3. The number of fused-ring (bicyclic) bond motifs is 2. The molecule has 0 unspecified atom stereocenters. The molecule has 0 atom stereocenters. The molecule has 53 heavy (non-hydrogen) atoms. The Balaban J connectivity index is 0.00000209. The van der Waals surface area contributed by atoms with Gasteiger partial charge < -0.3 is 14.9 Å². The summed E-state index contributed by atoms with van der Waals surface area (Å²) in [7, 11) is 0. The van der Waals surface area contributed by atoms with E-state index in [-0.39, 0.29) is 67.8 Å². The Bertz CT molecular complexity index is 1990. The fraction of sp³-hybridized carbons (Fsp3) is 0.385. The topological polar surface area (TPSA) is 0 Å². The van der Waals surface area contributed by atoms with Crippen LogP contribution in [0.25, 0.3) is 43.8 Å². The van der Waals surface area contributed by atoms with Crippen LogP contribution in [0, 0.1) is 14.9 Å². The van der Waals surface area contributed by atoms with Crippen LogP contribution in [0.3, 0.4) is 0 Å². The van der Waals surface area contributed by atoms with E-state index in [4.69, 9.17) is 0 Å². The Hall–Kier alpha value is -3.03. The Kier molecular flexibility index (Phi) is 11.7. The first kappa shape index (κ1) is 42.7. The van der Waals surface area contributed by atoms with Gasteiger partial charge in [0.2, 0.25) is 0 Å². The number of rotatable bonds is 4. The first-order valence-corrected chi connectivity index (χ1v) is 19.0. The van der Waals surface area contributed by atoms with Gasteiger partial charge in [-0.1, -0.05) is 149 Å². The van der Waals surface area contributed by atoms with Crippen LogP contribution in [-0.2, 0) is 52.9 Å². The summed E-state index contributed by atoms with van der Waals surface area (Å²) in [5.74, 6) is 0. The third-order valence-corrected chi connectivity index (χ3v) is 11.8. The maximum absolute atomic E-state index is 2.55. The molecule has 0 radical (unpaired) electrons. The molecular formula is C52H64Hf. The van der Waals surface area contributed by atoms with Crippen LogP contribution < -0.4 is 0 Å². The minimum Gasteiger partial charge on any atom is -0.358 e. The van der Waals surface area contributed by atoms with Crippen LogP contribution in [0.5, 0.6) is 0 Å². The van der Waals surface area contributed by atoms with Gasteiger partial charge in [-0.15, -0.1) is 69.1 Å². The molecule has 1 heteroatoms. The van der Waals surface area contributed by atoms with Gasteiger partial charge in [-0.3, -0.25) is 0 Å². The molecule has 0 amide bonds. The van der Waals surface area contributed by atoms with Crippen molar-refractivity contribution in [1.29, 1.82) is 0 Å². The second-order valence-electron chi connectivity index (χ2n) is 19.6. The minimum absolute atomic E-state index is 0. The van der Waals surface area contributed by atoms with E-state index in [9.17, 15) is 0 Å². The summed E-state index contributed by atoms with van der Waals surface area (Å²) in [6.45, 7) is 28.0. The zero-order chi connectivity index (χ0) is 36.0. The van der Waals surface area contributed by atoms with Gasteiger partial charge in [-0.2, -0.15) is 12.1 Å². The molecule has 6 aromatic carbocycles. The van der Waals surface area contributed by atoms with Crippen molar-refractivity contribution in [3.63, 3.8) is 0 Å². The van der Waals surface area contributed by atoms with E-state index in [2.05, 4.69) is 180 Å². The van der Waals surface area contributed by atoms with Crippen LogP contribution in [-0.4, -0.2) is 0 Å². The molecular weight excluding hydrogens is 803 g/mol. The third-order valence-electron chi connectivity index (χ3n) is 11.8. The smallest absolute Gasteiger partial charge is 0.358 e. The van der Waals surface area contributed by atoms with Crippen LogP contribution >= 0.6 is 0 Å². The van der Waals surface area contributed by atoms with E-state index in [1.54, 1.807) is 0 Å².